The maximum absolute atomic E-state index is 13.6. The van der Waals surface area contributed by atoms with Crippen LogP contribution < -0.4 is 10.1 Å². The Morgan fingerprint density at radius 1 is 1.06 bits per heavy atom. The number of hydrogen-bond acceptors (Lipinski definition) is 4. The van der Waals surface area contributed by atoms with E-state index < -0.39 is 21.7 Å². The van der Waals surface area contributed by atoms with Gasteiger partial charge < -0.3 is 10.1 Å². The lowest BCUT2D eigenvalue weighted by molar-refractivity contribution is -0.118. The summed E-state index contributed by atoms with van der Waals surface area (Å²) in [6, 6.07) is 18.1. The third kappa shape index (κ3) is 4.81. The van der Waals surface area contributed by atoms with Crippen LogP contribution in [0.2, 0.25) is 0 Å². The molecule has 0 fully saturated rings. The molecule has 1 amide bonds. The minimum absolute atomic E-state index is 0.00467. The van der Waals surface area contributed by atoms with Gasteiger partial charge in [-0.2, -0.15) is 4.31 Å². The number of para-hydroxylation sites is 1. The molecule has 0 radical (unpaired) electrons. The van der Waals surface area contributed by atoms with E-state index in [4.69, 9.17) is 4.74 Å². The van der Waals surface area contributed by atoms with Gasteiger partial charge in [0.15, 0.2) is 18.2 Å². The SMILES string of the molecule is Cc1ccc(S(=O)(=O)N2CCc3ccc(NC(=O)COc4ccccc4F)cc3C2)cc1. The van der Waals surface area contributed by atoms with Crippen molar-refractivity contribution >= 4 is 21.6 Å². The highest BCUT2D eigenvalue weighted by atomic mass is 32.2. The van der Waals surface area contributed by atoms with Crippen molar-refractivity contribution in [1.29, 1.82) is 0 Å². The van der Waals surface area contributed by atoms with Gasteiger partial charge in [0.05, 0.1) is 4.90 Å². The van der Waals surface area contributed by atoms with E-state index in [1.54, 1.807) is 42.5 Å². The maximum atomic E-state index is 13.6. The average molecular weight is 455 g/mol. The van der Waals surface area contributed by atoms with E-state index in [9.17, 15) is 17.6 Å². The molecule has 0 unspecified atom stereocenters. The van der Waals surface area contributed by atoms with Gasteiger partial charge in [-0.25, -0.2) is 12.8 Å². The molecule has 3 aromatic carbocycles. The average Bonchev–Trinajstić information content (AvgIpc) is 2.78. The second kappa shape index (κ2) is 9.10. The first-order valence-corrected chi connectivity index (χ1v) is 11.6. The molecule has 0 spiro atoms. The Morgan fingerprint density at radius 2 is 1.81 bits per heavy atom. The highest BCUT2D eigenvalue weighted by molar-refractivity contribution is 7.89. The summed E-state index contributed by atoms with van der Waals surface area (Å²) in [5.74, 6) is -0.970. The van der Waals surface area contributed by atoms with Crippen LogP contribution in [0.25, 0.3) is 0 Å². The van der Waals surface area contributed by atoms with Crippen molar-refractivity contribution in [2.24, 2.45) is 0 Å². The zero-order valence-corrected chi connectivity index (χ0v) is 18.4. The molecule has 3 aromatic rings. The molecule has 0 aromatic heterocycles. The number of anilines is 1. The van der Waals surface area contributed by atoms with E-state index in [-0.39, 0.29) is 23.8 Å². The minimum atomic E-state index is -3.61. The van der Waals surface area contributed by atoms with Gasteiger partial charge in [-0.1, -0.05) is 35.9 Å². The molecular weight excluding hydrogens is 431 g/mol. The van der Waals surface area contributed by atoms with Gasteiger partial charge in [-0.15, -0.1) is 0 Å². The van der Waals surface area contributed by atoms with Crippen LogP contribution in [-0.2, 0) is 27.8 Å². The molecule has 1 aliphatic rings. The number of nitrogens with zero attached hydrogens (tertiary/aromatic N) is 1. The van der Waals surface area contributed by atoms with E-state index in [0.717, 1.165) is 16.7 Å². The summed E-state index contributed by atoms with van der Waals surface area (Å²) in [5.41, 5.74) is 3.40. The first-order chi connectivity index (χ1) is 15.3. The highest BCUT2D eigenvalue weighted by Gasteiger charge is 2.28. The molecule has 4 rings (SSSR count). The van der Waals surface area contributed by atoms with Crippen LogP contribution in [0.3, 0.4) is 0 Å². The molecule has 6 nitrogen and oxygen atoms in total. The number of amides is 1. The fourth-order valence-corrected chi connectivity index (χ4v) is 4.99. The standard InChI is InChI=1S/C24H23FN2O4S/c1-17-6-10-21(11-7-17)32(29,30)27-13-12-18-8-9-20(14-19(18)15-27)26-24(28)16-31-23-5-3-2-4-22(23)25/h2-11,14H,12-13,15-16H2,1H3,(H,26,28). The number of halogens is 1. The lowest BCUT2D eigenvalue weighted by Gasteiger charge is -2.28. The molecule has 32 heavy (non-hydrogen) atoms. The molecule has 166 valence electrons. The number of sulfonamides is 1. The summed E-state index contributed by atoms with van der Waals surface area (Å²) in [5, 5.41) is 2.72. The predicted molar refractivity (Wildman–Crippen MR) is 119 cm³/mol. The van der Waals surface area contributed by atoms with Crippen molar-refractivity contribution in [3.05, 3.63) is 89.2 Å². The molecule has 0 saturated heterocycles. The third-order valence-electron chi connectivity index (χ3n) is 5.32. The minimum Gasteiger partial charge on any atom is -0.481 e. The number of nitrogens with one attached hydrogen (secondary N) is 1. The van der Waals surface area contributed by atoms with Gasteiger partial charge in [-0.05, 0) is 60.9 Å². The number of carbonyl (C=O) groups is 1. The predicted octanol–water partition coefficient (Wildman–Crippen LogP) is 3.90. The fourth-order valence-electron chi connectivity index (χ4n) is 3.58. The second-order valence-electron chi connectivity index (χ2n) is 7.65. The Kier molecular flexibility index (Phi) is 6.25. The lowest BCUT2D eigenvalue weighted by atomic mass is 10.0. The quantitative estimate of drug-likeness (QED) is 0.613. The number of aryl methyl sites for hydroxylation is 1. The molecule has 1 N–H and O–H groups in total. The van der Waals surface area contributed by atoms with Crippen LogP contribution in [0, 0.1) is 12.7 Å². The van der Waals surface area contributed by atoms with Gasteiger partial charge in [0.2, 0.25) is 10.0 Å². The Morgan fingerprint density at radius 3 is 2.56 bits per heavy atom. The molecule has 1 heterocycles. The van der Waals surface area contributed by atoms with Crippen LogP contribution in [0.4, 0.5) is 10.1 Å². The number of hydrogen-bond donors (Lipinski definition) is 1. The number of carbonyl (C=O) groups excluding carboxylic acids is 1. The largest absolute Gasteiger partial charge is 0.481 e. The summed E-state index contributed by atoms with van der Waals surface area (Å²) in [4.78, 5) is 12.5. The maximum Gasteiger partial charge on any atom is 0.262 e. The number of benzene rings is 3. The van der Waals surface area contributed by atoms with E-state index in [1.807, 2.05) is 13.0 Å². The van der Waals surface area contributed by atoms with Crippen LogP contribution in [-0.4, -0.2) is 31.8 Å². The normalized spacial score (nSPS) is 13.9. The van der Waals surface area contributed by atoms with Gasteiger partial charge in [-0.3, -0.25) is 4.79 Å². The summed E-state index contributed by atoms with van der Waals surface area (Å²) in [6.07, 6.45) is 0.588. The van der Waals surface area contributed by atoms with Gasteiger partial charge >= 0.3 is 0 Å². The zero-order valence-electron chi connectivity index (χ0n) is 17.5. The van der Waals surface area contributed by atoms with Crippen molar-refractivity contribution in [3.63, 3.8) is 0 Å². The van der Waals surface area contributed by atoms with E-state index in [2.05, 4.69) is 5.32 Å². The Hall–Kier alpha value is -3.23. The molecular formula is C24H23FN2O4S. The zero-order chi connectivity index (χ0) is 22.7. The van der Waals surface area contributed by atoms with E-state index in [1.165, 1.54) is 22.5 Å². The van der Waals surface area contributed by atoms with Crippen LogP contribution in [0.15, 0.2) is 71.6 Å². The van der Waals surface area contributed by atoms with E-state index in [0.29, 0.717) is 18.7 Å². The van der Waals surface area contributed by atoms with Gasteiger partial charge in [0, 0.05) is 18.8 Å². The summed E-state index contributed by atoms with van der Waals surface area (Å²) < 4.78 is 46.4. The monoisotopic (exact) mass is 454 g/mol. The molecule has 0 saturated carbocycles. The molecule has 0 aliphatic carbocycles. The van der Waals surface area contributed by atoms with Crippen molar-refractivity contribution in [3.8, 4) is 5.75 Å². The van der Waals surface area contributed by atoms with Gasteiger partial charge in [0.25, 0.3) is 5.91 Å². The Balaban J connectivity index is 1.44. The molecule has 1 aliphatic heterocycles. The van der Waals surface area contributed by atoms with Crippen LogP contribution >= 0.6 is 0 Å². The summed E-state index contributed by atoms with van der Waals surface area (Å²) in [6.45, 7) is 2.18. The van der Waals surface area contributed by atoms with Crippen molar-refractivity contribution in [2.75, 3.05) is 18.5 Å². The smallest absolute Gasteiger partial charge is 0.262 e. The van der Waals surface area contributed by atoms with Crippen LogP contribution in [0.5, 0.6) is 5.75 Å². The third-order valence-corrected chi connectivity index (χ3v) is 7.18. The van der Waals surface area contributed by atoms with E-state index >= 15 is 0 Å². The lowest BCUT2D eigenvalue weighted by Crippen LogP contribution is -2.36. The van der Waals surface area contributed by atoms with Gasteiger partial charge in [0.1, 0.15) is 0 Å². The van der Waals surface area contributed by atoms with Crippen molar-refractivity contribution in [1.82, 2.24) is 4.31 Å². The van der Waals surface area contributed by atoms with Crippen molar-refractivity contribution in [2.45, 2.75) is 24.8 Å². The molecule has 0 bridgehead atoms. The topological polar surface area (TPSA) is 75.7 Å². The summed E-state index contributed by atoms with van der Waals surface area (Å²) >= 11 is 0. The molecule has 8 heteroatoms. The van der Waals surface area contributed by atoms with Crippen molar-refractivity contribution < 1.29 is 22.3 Å². The van der Waals surface area contributed by atoms with Crippen LogP contribution in [0.1, 0.15) is 16.7 Å². The first-order valence-electron chi connectivity index (χ1n) is 10.2. The Labute approximate surface area is 186 Å². The second-order valence-corrected chi connectivity index (χ2v) is 9.59. The molecule has 0 atom stereocenters. The summed E-state index contributed by atoms with van der Waals surface area (Å²) in [7, 11) is -3.61. The Bertz CT molecular complexity index is 1240. The highest BCUT2D eigenvalue weighted by Crippen LogP contribution is 2.27. The number of rotatable bonds is 6. The number of ether oxygens (including phenoxy) is 1. The number of fused-ring (bicyclic) bond motifs is 1. The first kappa shape index (κ1) is 22.0. The fraction of sp³-hybridized carbons (Fsp3) is 0.208.